The average molecular weight is 392 g/mol. The molecule has 0 bridgehead atoms. The fraction of sp³-hybridized carbons (Fsp3) is 0.577. The molecule has 0 saturated heterocycles. The van der Waals surface area contributed by atoms with E-state index in [2.05, 4.69) is 65.8 Å². The van der Waals surface area contributed by atoms with E-state index in [0.29, 0.717) is 18.8 Å². The zero-order valence-corrected chi connectivity index (χ0v) is 18.6. The highest BCUT2D eigenvalue weighted by molar-refractivity contribution is 6.13. The summed E-state index contributed by atoms with van der Waals surface area (Å²) in [6.07, 6.45) is 2.72. The van der Waals surface area contributed by atoms with Crippen LogP contribution in [0.3, 0.4) is 0 Å². The van der Waals surface area contributed by atoms with E-state index in [0.717, 1.165) is 35.4 Å². The molecule has 0 amide bonds. The third-order valence-electron chi connectivity index (χ3n) is 6.80. The van der Waals surface area contributed by atoms with Gasteiger partial charge in [0.1, 0.15) is 5.78 Å². The van der Waals surface area contributed by atoms with Gasteiger partial charge >= 0.3 is 0 Å². The third kappa shape index (κ3) is 3.65. The second kappa shape index (κ2) is 6.75. The first-order chi connectivity index (χ1) is 13.5. The molecule has 3 heteroatoms. The lowest BCUT2D eigenvalue weighted by Gasteiger charge is -2.44. The zero-order chi connectivity index (χ0) is 21.1. The molecule has 3 nitrogen and oxygen atoms in total. The summed E-state index contributed by atoms with van der Waals surface area (Å²) in [7, 11) is 0. The standard InChI is InChI=1S/C26H33NO2/c1-15(2)16-7-9-17(10-8-16)22-23-18(11-25(3,4)13-20(23)28)27-19-12-26(5,6)14-21(29)24(19)22/h7-10,15,22-23H,11-14H2,1-6H3/t22-,23?/m0/s1. The lowest BCUT2D eigenvalue weighted by atomic mass is 9.60. The molecule has 0 N–H and O–H groups in total. The summed E-state index contributed by atoms with van der Waals surface area (Å²) in [5.41, 5.74) is 4.95. The smallest absolute Gasteiger partial charge is 0.161 e. The normalized spacial score (nSPS) is 28.2. The molecule has 2 atom stereocenters. The minimum atomic E-state index is -0.281. The summed E-state index contributed by atoms with van der Waals surface area (Å²) < 4.78 is 0. The van der Waals surface area contributed by atoms with Gasteiger partial charge in [0, 0.05) is 35.7 Å². The van der Waals surface area contributed by atoms with Crippen LogP contribution >= 0.6 is 0 Å². The number of hydrogen-bond acceptors (Lipinski definition) is 3. The van der Waals surface area contributed by atoms with Crippen molar-refractivity contribution in [1.82, 2.24) is 0 Å². The van der Waals surface area contributed by atoms with E-state index in [1.54, 1.807) is 0 Å². The van der Waals surface area contributed by atoms with Crippen LogP contribution in [0, 0.1) is 16.7 Å². The molecule has 29 heavy (non-hydrogen) atoms. The van der Waals surface area contributed by atoms with Crippen molar-refractivity contribution in [3.8, 4) is 0 Å². The number of allylic oxidation sites excluding steroid dienone is 2. The van der Waals surface area contributed by atoms with Crippen molar-refractivity contribution in [2.24, 2.45) is 21.7 Å². The summed E-state index contributed by atoms with van der Waals surface area (Å²) >= 11 is 0. The minimum Gasteiger partial charge on any atom is -0.299 e. The Labute approximate surface area is 174 Å². The van der Waals surface area contributed by atoms with Gasteiger partial charge in [-0.05, 0) is 40.7 Å². The van der Waals surface area contributed by atoms with Gasteiger partial charge in [-0.15, -0.1) is 0 Å². The van der Waals surface area contributed by atoms with Gasteiger partial charge in [-0.1, -0.05) is 65.8 Å². The van der Waals surface area contributed by atoms with Gasteiger partial charge in [0.2, 0.25) is 0 Å². The number of carbonyl (C=O) groups excluding carboxylic acids is 2. The SMILES string of the molecule is CC(C)c1ccc([C@@H]2C3=C(CC(C)(C)CC3=O)N=C3CC(C)(C)CC(=O)C32)cc1. The van der Waals surface area contributed by atoms with Crippen molar-refractivity contribution in [2.75, 3.05) is 0 Å². The molecule has 2 aliphatic carbocycles. The van der Waals surface area contributed by atoms with Crippen LogP contribution in [0.5, 0.6) is 0 Å². The molecular weight excluding hydrogens is 358 g/mol. The lowest BCUT2D eigenvalue weighted by Crippen LogP contribution is -2.45. The molecule has 0 aromatic heterocycles. The van der Waals surface area contributed by atoms with Gasteiger partial charge in [0.25, 0.3) is 0 Å². The molecule has 3 aliphatic rings. The van der Waals surface area contributed by atoms with Crippen LogP contribution in [0.25, 0.3) is 0 Å². The van der Waals surface area contributed by atoms with Crippen molar-refractivity contribution in [3.05, 3.63) is 46.7 Å². The molecule has 0 radical (unpaired) electrons. The van der Waals surface area contributed by atoms with Crippen LogP contribution in [-0.2, 0) is 9.59 Å². The highest BCUT2D eigenvalue weighted by atomic mass is 16.1. The van der Waals surface area contributed by atoms with Gasteiger partial charge in [0.05, 0.1) is 5.92 Å². The maximum Gasteiger partial charge on any atom is 0.161 e. The minimum absolute atomic E-state index is 0.0648. The Kier molecular flexibility index (Phi) is 4.72. The second-order valence-corrected chi connectivity index (χ2v) is 11.2. The number of Topliss-reactive ketones (excluding diaryl/α,β-unsaturated/α-hetero) is 2. The summed E-state index contributed by atoms with van der Waals surface area (Å²) in [5, 5.41) is 0. The first-order valence-corrected chi connectivity index (χ1v) is 10.9. The Morgan fingerprint density at radius 2 is 1.48 bits per heavy atom. The average Bonchev–Trinajstić information content (AvgIpc) is 2.57. The molecule has 154 valence electrons. The molecule has 1 aromatic carbocycles. The van der Waals surface area contributed by atoms with Gasteiger partial charge in [-0.3, -0.25) is 14.6 Å². The quantitative estimate of drug-likeness (QED) is 0.621. The number of hydrogen-bond donors (Lipinski definition) is 0. The van der Waals surface area contributed by atoms with Crippen LogP contribution in [0.15, 0.2) is 40.5 Å². The number of aliphatic imine (C=N–C) groups is 1. The largest absolute Gasteiger partial charge is 0.299 e. The first-order valence-electron chi connectivity index (χ1n) is 10.9. The summed E-state index contributed by atoms with van der Waals surface area (Å²) in [4.78, 5) is 31.6. The van der Waals surface area contributed by atoms with Crippen LogP contribution < -0.4 is 0 Å². The summed E-state index contributed by atoms with van der Waals surface area (Å²) in [6.45, 7) is 12.9. The Balaban J connectivity index is 1.87. The second-order valence-electron chi connectivity index (χ2n) is 11.2. The highest BCUT2D eigenvalue weighted by Crippen LogP contribution is 2.51. The molecule has 1 heterocycles. The van der Waals surface area contributed by atoms with E-state index in [1.807, 2.05) is 0 Å². The van der Waals surface area contributed by atoms with E-state index in [1.165, 1.54) is 5.56 Å². The fourth-order valence-electron chi connectivity index (χ4n) is 5.46. The van der Waals surface area contributed by atoms with Crippen molar-refractivity contribution >= 4 is 17.3 Å². The molecule has 0 spiro atoms. The maximum atomic E-state index is 13.3. The predicted octanol–water partition coefficient (Wildman–Crippen LogP) is 6.00. The van der Waals surface area contributed by atoms with E-state index < -0.39 is 0 Å². The number of carbonyl (C=O) groups is 2. The topological polar surface area (TPSA) is 46.5 Å². The summed E-state index contributed by atoms with van der Waals surface area (Å²) in [6, 6.07) is 8.57. The molecule has 1 saturated carbocycles. The van der Waals surface area contributed by atoms with E-state index in [4.69, 9.17) is 4.99 Å². The molecule has 1 unspecified atom stereocenters. The Morgan fingerprint density at radius 1 is 0.862 bits per heavy atom. The fourth-order valence-corrected chi connectivity index (χ4v) is 5.46. The molecular formula is C26H33NO2. The van der Waals surface area contributed by atoms with E-state index in [-0.39, 0.29) is 34.2 Å². The van der Waals surface area contributed by atoms with Gasteiger partial charge in [-0.2, -0.15) is 0 Å². The van der Waals surface area contributed by atoms with Crippen LogP contribution in [-0.4, -0.2) is 17.3 Å². The Hall–Kier alpha value is -2.03. The van der Waals surface area contributed by atoms with Crippen LogP contribution in [0.2, 0.25) is 0 Å². The van der Waals surface area contributed by atoms with Crippen LogP contribution in [0.1, 0.15) is 90.2 Å². The monoisotopic (exact) mass is 391 g/mol. The lowest BCUT2D eigenvalue weighted by molar-refractivity contribution is -0.124. The van der Waals surface area contributed by atoms with Crippen LogP contribution in [0.4, 0.5) is 0 Å². The van der Waals surface area contributed by atoms with Gasteiger partial charge < -0.3 is 0 Å². The number of benzene rings is 1. The van der Waals surface area contributed by atoms with E-state index in [9.17, 15) is 9.59 Å². The molecule has 1 aromatic rings. The van der Waals surface area contributed by atoms with E-state index >= 15 is 0 Å². The molecule has 4 rings (SSSR count). The Morgan fingerprint density at radius 3 is 2.10 bits per heavy atom. The number of rotatable bonds is 2. The van der Waals surface area contributed by atoms with Crippen molar-refractivity contribution in [3.63, 3.8) is 0 Å². The molecule has 1 aliphatic heterocycles. The molecule has 1 fully saturated rings. The van der Waals surface area contributed by atoms with Crippen molar-refractivity contribution in [2.45, 2.75) is 79.1 Å². The third-order valence-corrected chi connectivity index (χ3v) is 6.80. The number of ketones is 2. The number of fused-ring (bicyclic) bond motifs is 1. The van der Waals surface area contributed by atoms with Gasteiger partial charge in [-0.25, -0.2) is 0 Å². The predicted molar refractivity (Wildman–Crippen MR) is 117 cm³/mol. The Bertz CT molecular complexity index is 928. The van der Waals surface area contributed by atoms with Crippen molar-refractivity contribution < 1.29 is 9.59 Å². The highest BCUT2D eigenvalue weighted by Gasteiger charge is 2.49. The van der Waals surface area contributed by atoms with Gasteiger partial charge in [0.15, 0.2) is 5.78 Å². The number of nitrogens with zero attached hydrogens (tertiary/aromatic N) is 1. The zero-order valence-electron chi connectivity index (χ0n) is 18.6. The first kappa shape index (κ1) is 20.3. The van der Waals surface area contributed by atoms with Crippen molar-refractivity contribution in [1.29, 1.82) is 0 Å². The summed E-state index contributed by atoms with van der Waals surface area (Å²) in [5.74, 6) is 0.413. The maximum absolute atomic E-state index is 13.3.